The van der Waals surface area contributed by atoms with Crippen LogP contribution in [0.4, 0.5) is 10.7 Å². The minimum absolute atomic E-state index is 0.0287. The molecule has 0 bridgehead atoms. The van der Waals surface area contributed by atoms with Gasteiger partial charge in [0.05, 0.1) is 17.7 Å². The number of hydrogen-bond donors (Lipinski definition) is 1. The van der Waals surface area contributed by atoms with Gasteiger partial charge in [-0.2, -0.15) is 0 Å². The van der Waals surface area contributed by atoms with Gasteiger partial charge < -0.3 is 15.4 Å². The Morgan fingerprint density at radius 1 is 1.48 bits per heavy atom. The van der Waals surface area contributed by atoms with Crippen LogP contribution in [0.25, 0.3) is 0 Å². The van der Waals surface area contributed by atoms with Crippen molar-refractivity contribution >= 4 is 33.8 Å². The van der Waals surface area contributed by atoms with E-state index < -0.39 is 5.97 Å². The fourth-order valence-electron chi connectivity index (χ4n) is 2.69. The van der Waals surface area contributed by atoms with Gasteiger partial charge in [-0.3, -0.25) is 4.79 Å². The molecule has 1 aromatic heterocycles. The summed E-state index contributed by atoms with van der Waals surface area (Å²) in [5.74, 6) is 0.0731. The molecular weight excluding hydrogens is 288 g/mol. The summed E-state index contributed by atoms with van der Waals surface area (Å²) in [6.07, 6.45) is 2.64. The number of ketones is 1. The predicted molar refractivity (Wildman–Crippen MR) is 85.3 cm³/mol. The number of hydrogen-bond acceptors (Lipinski definition) is 6. The van der Waals surface area contributed by atoms with Crippen LogP contribution in [-0.4, -0.2) is 32.0 Å². The van der Waals surface area contributed by atoms with Gasteiger partial charge in [0.15, 0.2) is 5.78 Å². The Labute approximate surface area is 129 Å². The number of nitrogens with two attached hydrogens (primary N) is 1. The van der Waals surface area contributed by atoms with E-state index in [1.54, 1.807) is 6.92 Å². The molecule has 6 heteroatoms. The van der Waals surface area contributed by atoms with E-state index in [1.165, 1.54) is 24.9 Å². The van der Waals surface area contributed by atoms with Crippen LogP contribution in [0.15, 0.2) is 0 Å². The number of esters is 1. The van der Waals surface area contributed by atoms with Crippen molar-refractivity contribution in [2.24, 2.45) is 5.92 Å². The molecule has 2 N–H and O–H groups in total. The summed E-state index contributed by atoms with van der Waals surface area (Å²) in [5, 5.41) is 0.780. The van der Waals surface area contributed by atoms with Gasteiger partial charge >= 0.3 is 5.97 Å². The third-order valence-corrected chi connectivity index (χ3v) is 5.14. The summed E-state index contributed by atoms with van der Waals surface area (Å²) < 4.78 is 4.85. The lowest BCUT2D eigenvalue weighted by Crippen LogP contribution is -2.34. The molecule has 2 rings (SSSR count). The number of piperidine rings is 1. The standard InChI is InChI=1S/C15H22N2O3S/c1-4-10(18)13-12(16)11(15(19)20-3)14(21-13)17-7-5-6-9(2)8-17/h9H,4-8,16H2,1-3H3. The molecule has 2 heterocycles. The minimum atomic E-state index is -0.466. The van der Waals surface area contributed by atoms with Crippen LogP contribution in [-0.2, 0) is 4.74 Å². The van der Waals surface area contributed by atoms with Gasteiger partial charge in [0.25, 0.3) is 0 Å². The Morgan fingerprint density at radius 2 is 2.19 bits per heavy atom. The quantitative estimate of drug-likeness (QED) is 0.684. The maximum atomic E-state index is 12.1. The monoisotopic (exact) mass is 310 g/mol. The molecule has 1 aromatic rings. The molecule has 0 saturated carbocycles. The number of carbonyl (C=O) groups is 2. The van der Waals surface area contributed by atoms with E-state index in [1.807, 2.05) is 0 Å². The zero-order valence-electron chi connectivity index (χ0n) is 12.8. The van der Waals surface area contributed by atoms with E-state index in [2.05, 4.69) is 11.8 Å². The largest absolute Gasteiger partial charge is 0.465 e. The molecule has 1 atom stereocenters. The van der Waals surface area contributed by atoms with Crippen LogP contribution in [0.2, 0.25) is 0 Å². The highest BCUT2D eigenvalue weighted by Crippen LogP contribution is 2.40. The number of ether oxygens (including phenoxy) is 1. The average Bonchev–Trinajstić information content (AvgIpc) is 2.83. The Balaban J connectivity index is 2.47. The van der Waals surface area contributed by atoms with Crippen molar-refractivity contribution in [3.63, 3.8) is 0 Å². The molecule has 0 aliphatic carbocycles. The highest BCUT2D eigenvalue weighted by molar-refractivity contribution is 7.19. The number of carbonyl (C=O) groups excluding carboxylic acids is 2. The topological polar surface area (TPSA) is 72.6 Å². The summed E-state index contributed by atoms with van der Waals surface area (Å²) in [6, 6.07) is 0. The number of nitrogens with zero attached hydrogens (tertiary/aromatic N) is 1. The van der Waals surface area contributed by atoms with Crippen molar-refractivity contribution in [1.82, 2.24) is 0 Å². The summed E-state index contributed by atoms with van der Waals surface area (Å²) >= 11 is 1.32. The Hall–Kier alpha value is -1.56. The SMILES string of the molecule is CCC(=O)c1sc(N2CCCC(C)C2)c(C(=O)OC)c1N. The van der Waals surface area contributed by atoms with Gasteiger partial charge in [0.1, 0.15) is 10.6 Å². The predicted octanol–water partition coefficient (Wildman–Crippen LogP) is 2.95. The number of anilines is 2. The Bertz CT molecular complexity index is 553. The van der Waals surface area contributed by atoms with E-state index in [4.69, 9.17) is 10.5 Å². The van der Waals surface area contributed by atoms with Crippen molar-refractivity contribution in [3.8, 4) is 0 Å². The highest BCUT2D eigenvalue weighted by atomic mass is 32.1. The van der Waals surface area contributed by atoms with Crippen molar-refractivity contribution < 1.29 is 14.3 Å². The summed E-state index contributed by atoms with van der Waals surface area (Å²) in [6.45, 7) is 5.75. The van der Waals surface area contributed by atoms with Gasteiger partial charge in [-0.1, -0.05) is 13.8 Å². The molecule has 116 valence electrons. The third-order valence-electron chi connectivity index (χ3n) is 3.83. The smallest absolute Gasteiger partial charge is 0.343 e. The minimum Gasteiger partial charge on any atom is -0.465 e. The lowest BCUT2D eigenvalue weighted by atomic mass is 10.0. The molecule has 1 aliphatic heterocycles. The Kier molecular flexibility index (Phi) is 4.88. The molecule has 0 radical (unpaired) electrons. The first-order valence-corrected chi connectivity index (χ1v) is 8.09. The maximum Gasteiger partial charge on any atom is 0.343 e. The fraction of sp³-hybridized carbons (Fsp3) is 0.600. The van der Waals surface area contributed by atoms with Gasteiger partial charge in [-0.15, -0.1) is 11.3 Å². The number of thiophene rings is 1. The van der Waals surface area contributed by atoms with Gasteiger partial charge in [-0.05, 0) is 18.8 Å². The molecule has 1 unspecified atom stereocenters. The van der Waals surface area contributed by atoms with E-state index in [0.29, 0.717) is 22.8 Å². The second-order valence-corrected chi connectivity index (χ2v) is 6.49. The number of nitrogen functional groups attached to an aromatic ring is 1. The lowest BCUT2D eigenvalue weighted by Gasteiger charge is -2.32. The average molecular weight is 310 g/mol. The van der Waals surface area contributed by atoms with Gasteiger partial charge in [0.2, 0.25) is 0 Å². The van der Waals surface area contributed by atoms with Crippen LogP contribution in [0.1, 0.15) is 53.1 Å². The van der Waals surface area contributed by atoms with Crippen LogP contribution < -0.4 is 10.6 Å². The number of rotatable bonds is 4. The normalized spacial score (nSPS) is 18.6. The zero-order chi connectivity index (χ0) is 15.6. The van der Waals surface area contributed by atoms with E-state index in [9.17, 15) is 9.59 Å². The second-order valence-electron chi connectivity index (χ2n) is 5.49. The lowest BCUT2D eigenvalue weighted by molar-refractivity contribution is 0.0603. The highest BCUT2D eigenvalue weighted by Gasteiger charge is 2.30. The first kappa shape index (κ1) is 15.8. The molecule has 1 fully saturated rings. The molecule has 1 saturated heterocycles. The summed E-state index contributed by atoms with van der Waals surface area (Å²) in [7, 11) is 1.34. The zero-order valence-corrected chi connectivity index (χ0v) is 13.6. The van der Waals surface area contributed by atoms with Crippen molar-refractivity contribution in [2.45, 2.75) is 33.1 Å². The number of Topliss-reactive ketones (excluding diaryl/α,β-unsaturated/α-hetero) is 1. The van der Waals surface area contributed by atoms with Crippen molar-refractivity contribution in [3.05, 3.63) is 10.4 Å². The molecule has 1 aliphatic rings. The molecule has 0 aromatic carbocycles. The van der Waals surface area contributed by atoms with Gasteiger partial charge in [-0.25, -0.2) is 4.79 Å². The molecule has 0 amide bonds. The van der Waals surface area contributed by atoms with E-state index >= 15 is 0 Å². The maximum absolute atomic E-state index is 12.1. The van der Waals surface area contributed by atoms with Crippen LogP contribution >= 0.6 is 11.3 Å². The summed E-state index contributed by atoms with van der Waals surface area (Å²) in [4.78, 5) is 26.7. The van der Waals surface area contributed by atoms with Gasteiger partial charge in [0, 0.05) is 19.5 Å². The first-order chi connectivity index (χ1) is 9.99. The molecule has 5 nitrogen and oxygen atoms in total. The summed E-state index contributed by atoms with van der Waals surface area (Å²) in [5.41, 5.74) is 6.69. The second kappa shape index (κ2) is 6.47. The van der Waals surface area contributed by atoms with Crippen molar-refractivity contribution in [1.29, 1.82) is 0 Å². The van der Waals surface area contributed by atoms with Crippen LogP contribution in [0.5, 0.6) is 0 Å². The van der Waals surface area contributed by atoms with Crippen molar-refractivity contribution in [2.75, 3.05) is 30.8 Å². The van der Waals surface area contributed by atoms with E-state index in [0.717, 1.165) is 24.5 Å². The fourth-order valence-corrected chi connectivity index (χ4v) is 3.95. The van der Waals surface area contributed by atoms with Crippen LogP contribution in [0, 0.1) is 5.92 Å². The van der Waals surface area contributed by atoms with Crippen LogP contribution in [0.3, 0.4) is 0 Å². The Morgan fingerprint density at radius 3 is 2.76 bits per heavy atom. The number of methoxy groups -OCH3 is 1. The molecule has 0 spiro atoms. The molecular formula is C15H22N2O3S. The first-order valence-electron chi connectivity index (χ1n) is 7.28. The molecule has 21 heavy (non-hydrogen) atoms. The van der Waals surface area contributed by atoms with E-state index in [-0.39, 0.29) is 11.5 Å². The third kappa shape index (κ3) is 3.05.